The highest BCUT2D eigenvalue weighted by Gasteiger charge is 2.21. The minimum absolute atomic E-state index is 0.0226. The van der Waals surface area contributed by atoms with Crippen LogP contribution in [0.4, 0.5) is 19.0 Å². The van der Waals surface area contributed by atoms with Crippen LogP contribution in [0.1, 0.15) is 5.56 Å². The molecule has 1 aliphatic rings. The van der Waals surface area contributed by atoms with Gasteiger partial charge in [-0.05, 0) is 29.8 Å². The first-order valence-electron chi connectivity index (χ1n) is 9.95. The van der Waals surface area contributed by atoms with Crippen LogP contribution in [-0.4, -0.2) is 58.7 Å². The smallest absolute Gasteiger partial charge is 0.249 e. The summed E-state index contributed by atoms with van der Waals surface area (Å²) in [6.07, 6.45) is 4.98. The summed E-state index contributed by atoms with van der Waals surface area (Å²) >= 11 is 0. The van der Waals surface area contributed by atoms with Gasteiger partial charge in [-0.15, -0.1) is 0 Å². The lowest BCUT2D eigenvalue weighted by Crippen LogP contribution is -2.41. The molecule has 0 radical (unpaired) electrons. The van der Waals surface area contributed by atoms with Crippen molar-refractivity contribution in [2.24, 2.45) is 0 Å². The molecule has 9 nitrogen and oxygen atoms in total. The Bertz CT molecular complexity index is 1130. The Morgan fingerprint density at radius 3 is 2.79 bits per heavy atom. The molecule has 1 aliphatic heterocycles. The summed E-state index contributed by atoms with van der Waals surface area (Å²) in [5.41, 5.74) is 1.07. The van der Waals surface area contributed by atoms with E-state index < -0.39 is 23.4 Å². The van der Waals surface area contributed by atoms with E-state index in [-0.39, 0.29) is 29.8 Å². The quantitative estimate of drug-likeness (QED) is 0.366. The second-order valence-corrected chi connectivity index (χ2v) is 7.04. The van der Waals surface area contributed by atoms with Gasteiger partial charge in [-0.25, -0.2) is 13.2 Å². The highest BCUT2D eigenvalue weighted by molar-refractivity contribution is 6.02. The minimum atomic E-state index is -1.58. The zero-order valence-corrected chi connectivity index (χ0v) is 17.1. The number of hydrogen-bond donors (Lipinski definition) is 3. The summed E-state index contributed by atoms with van der Waals surface area (Å²) in [5.74, 6) is -4.58. The Morgan fingerprint density at radius 1 is 1.27 bits per heavy atom. The van der Waals surface area contributed by atoms with Crippen molar-refractivity contribution >= 4 is 17.8 Å². The maximum Gasteiger partial charge on any atom is 0.249 e. The fraction of sp³-hybridized carbons (Fsp3) is 0.238. The van der Waals surface area contributed by atoms with Crippen molar-refractivity contribution in [2.45, 2.75) is 6.10 Å². The number of carbonyl (C=O) groups excluding carboxylic acids is 1. The van der Waals surface area contributed by atoms with Crippen LogP contribution in [0.25, 0.3) is 17.3 Å². The summed E-state index contributed by atoms with van der Waals surface area (Å²) in [5, 5.41) is 20.2. The van der Waals surface area contributed by atoms with Crippen molar-refractivity contribution in [3.05, 3.63) is 59.7 Å². The average molecular weight is 460 g/mol. The van der Waals surface area contributed by atoms with Crippen molar-refractivity contribution in [3.63, 3.8) is 0 Å². The Kier molecular flexibility index (Phi) is 6.95. The lowest BCUT2D eigenvalue weighted by molar-refractivity contribution is -0.111. The predicted molar refractivity (Wildman–Crippen MR) is 112 cm³/mol. The number of nitrogens with zero attached hydrogens (tertiary/aromatic N) is 3. The lowest BCUT2D eigenvalue weighted by Gasteiger charge is -2.23. The van der Waals surface area contributed by atoms with Gasteiger partial charge in [-0.1, -0.05) is 0 Å². The molecule has 1 aromatic carbocycles. The van der Waals surface area contributed by atoms with Crippen LogP contribution < -0.4 is 15.4 Å². The maximum absolute atomic E-state index is 13.4. The number of benzene rings is 1. The number of carbonyl (C=O) groups is 1. The number of aromatic nitrogens is 4. The van der Waals surface area contributed by atoms with E-state index in [1.165, 1.54) is 12.4 Å². The molecule has 4 rings (SSSR count). The van der Waals surface area contributed by atoms with Crippen molar-refractivity contribution < 1.29 is 27.4 Å². The SMILES string of the molecule is O=C(C=Cc1cc(F)c(F)c(F)c1)Nc1n[nH]c(-c2ccnnc2)c1OCC1CNCCO1. The van der Waals surface area contributed by atoms with Crippen molar-refractivity contribution in [3.8, 4) is 17.0 Å². The molecule has 2 aromatic heterocycles. The molecule has 33 heavy (non-hydrogen) atoms. The fourth-order valence-corrected chi connectivity index (χ4v) is 3.10. The van der Waals surface area contributed by atoms with Crippen LogP contribution in [0.2, 0.25) is 0 Å². The van der Waals surface area contributed by atoms with Gasteiger partial charge in [0.1, 0.15) is 18.4 Å². The molecule has 3 N–H and O–H groups in total. The molecular formula is C21H19F3N6O3. The highest BCUT2D eigenvalue weighted by Crippen LogP contribution is 2.34. The van der Waals surface area contributed by atoms with Crippen molar-refractivity contribution in [1.82, 2.24) is 25.7 Å². The molecule has 1 unspecified atom stereocenters. The molecule has 3 heterocycles. The third kappa shape index (κ3) is 5.54. The van der Waals surface area contributed by atoms with E-state index in [0.29, 0.717) is 24.4 Å². The molecule has 3 aromatic rings. The van der Waals surface area contributed by atoms with E-state index in [1.54, 1.807) is 6.07 Å². The molecule has 12 heteroatoms. The summed E-state index contributed by atoms with van der Waals surface area (Å²) < 4.78 is 51.4. The van der Waals surface area contributed by atoms with Crippen LogP contribution >= 0.6 is 0 Å². The molecular weight excluding hydrogens is 441 g/mol. The van der Waals surface area contributed by atoms with Crippen molar-refractivity contribution in [2.75, 3.05) is 31.6 Å². The van der Waals surface area contributed by atoms with Gasteiger partial charge < -0.3 is 20.1 Å². The summed E-state index contributed by atoms with van der Waals surface area (Å²) in [7, 11) is 0. The number of morpholine rings is 1. The molecule has 1 fully saturated rings. The van der Waals surface area contributed by atoms with E-state index >= 15 is 0 Å². The molecule has 0 saturated carbocycles. The molecule has 1 atom stereocenters. The Hall–Kier alpha value is -3.77. The van der Waals surface area contributed by atoms with Crippen LogP contribution in [0.15, 0.2) is 36.7 Å². The first kappa shape index (κ1) is 22.4. The number of halogens is 3. The Labute approximate surface area is 186 Å². The normalized spacial score (nSPS) is 16.2. The Balaban J connectivity index is 1.52. The lowest BCUT2D eigenvalue weighted by atomic mass is 10.2. The van der Waals surface area contributed by atoms with Gasteiger partial charge in [-0.2, -0.15) is 15.3 Å². The van der Waals surface area contributed by atoms with Gasteiger partial charge in [0.25, 0.3) is 0 Å². The number of H-pyrrole nitrogens is 1. The van der Waals surface area contributed by atoms with E-state index in [9.17, 15) is 18.0 Å². The van der Waals surface area contributed by atoms with Crippen LogP contribution in [-0.2, 0) is 9.53 Å². The van der Waals surface area contributed by atoms with Gasteiger partial charge in [0.05, 0.1) is 19.0 Å². The van der Waals surface area contributed by atoms with E-state index in [0.717, 1.165) is 30.8 Å². The number of aromatic amines is 1. The van der Waals surface area contributed by atoms with E-state index in [1.807, 2.05) is 0 Å². The largest absolute Gasteiger partial charge is 0.485 e. The van der Waals surface area contributed by atoms with Gasteiger partial charge in [0.15, 0.2) is 29.0 Å². The molecule has 172 valence electrons. The zero-order valence-electron chi connectivity index (χ0n) is 17.1. The third-order valence-electron chi connectivity index (χ3n) is 4.69. The number of rotatable bonds is 7. The Morgan fingerprint density at radius 2 is 2.09 bits per heavy atom. The minimum Gasteiger partial charge on any atom is -0.485 e. The standard InChI is InChI=1S/C21H19F3N6O3/c22-15-7-12(8-16(23)18(15)24)1-2-17(31)28-21-20(33-11-14-10-25-5-6-32-14)19(29-30-21)13-3-4-26-27-9-13/h1-4,7-9,14,25H,5-6,10-11H2,(H2,28,29,30,31). The van der Waals surface area contributed by atoms with Gasteiger partial charge in [0.2, 0.25) is 5.91 Å². The predicted octanol–water partition coefficient (Wildman–Crippen LogP) is 2.30. The first-order valence-corrected chi connectivity index (χ1v) is 9.95. The number of ether oxygens (including phenoxy) is 2. The molecule has 0 aliphatic carbocycles. The summed E-state index contributed by atoms with van der Waals surface area (Å²) in [6.45, 7) is 2.12. The van der Waals surface area contributed by atoms with Gasteiger partial charge in [0, 0.05) is 24.7 Å². The number of nitrogens with one attached hydrogen (secondary N) is 3. The van der Waals surface area contributed by atoms with Crippen LogP contribution in [0.5, 0.6) is 5.75 Å². The maximum atomic E-state index is 13.4. The third-order valence-corrected chi connectivity index (χ3v) is 4.69. The van der Waals surface area contributed by atoms with E-state index in [2.05, 4.69) is 31.0 Å². The molecule has 1 saturated heterocycles. The van der Waals surface area contributed by atoms with Gasteiger partial charge in [-0.3, -0.25) is 9.89 Å². The second-order valence-electron chi connectivity index (χ2n) is 7.04. The zero-order chi connectivity index (χ0) is 23.2. The average Bonchev–Trinajstić information content (AvgIpc) is 3.23. The monoisotopic (exact) mass is 460 g/mol. The molecule has 0 spiro atoms. The number of anilines is 1. The topological polar surface area (TPSA) is 114 Å². The van der Waals surface area contributed by atoms with E-state index in [4.69, 9.17) is 9.47 Å². The van der Waals surface area contributed by atoms with Crippen molar-refractivity contribution in [1.29, 1.82) is 0 Å². The molecule has 1 amide bonds. The summed E-state index contributed by atoms with van der Waals surface area (Å²) in [6, 6.07) is 3.24. The van der Waals surface area contributed by atoms with Crippen LogP contribution in [0, 0.1) is 17.5 Å². The highest BCUT2D eigenvalue weighted by atomic mass is 19.2. The molecule has 0 bridgehead atoms. The first-order chi connectivity index (χ1) is 16.0. The number of amides is 1. The fourth-order valence-electron chi connectivity index (χ4n) is 3.10. The second kappa shape index (κ2) is 10.2. The van der Waals surface area contributed by atoms with Gasteiger partial charge >= 0.3 is 0 Å². The van der Waals surface area contributed by atoms with Crippen LogP contribution in [0.3, 0.4) is 0 Å². The number of hydrogen-bond acceptors (Lipinski definition) is 7. The summed E-state index contributed by atoms with van der Waals surface area (Å²) in [4.78, 5) is 12.4.